The fraction of sp³-hybridized carbons (Fsp3) is 0.375. The Morgan fingerprint density at radius 3 is 2.85 bits per heavy atom. The molecule has 106 valence electrons. The van der Waals surface area contributed by atoms with Gasteiger partial charge < -0.3 is 4.74 Å². The highest BCUT2D eigenvalue weighted by molar-refractivity contribution is 6.38. The Hall–Kier alpha value is -1.61. The maximum Gasteiger partial charge on any atom is 0.165 e. The van der Waals surface area contributed by atoms with Crippen molar-refractivity contribution in [2.24, 2.45) is 0 Å². The number of rotatable bonds is 6. The van der Waals surface area contributed by atoms with E-state index in [1.807, 2.05) is 18.2 Å². The summed E-state index contributed by atoms with van der Waals surface area (Å²) < 4.78 is 5.26. The van der Waals surface area contributed by atoms with Gasteiger partial charge in [-0.05, 0) is 12.5 Å². The Balaban J connectivity index is 2.37. The molecule has 0 radical (unpaired) electrons. The lowest BCUT2D eigenvalue weighted by Crippen LogP contribution is -2.02. The van der Waals surface area contributed by atoms with Crippen LogP contribution < -0.4 is 4.74 Å². The Kier molecular flexibility index (Phi) is 4.96. The van der Waals surface area contributed by atoms with Crippen LogP contribution in [0.3, 0.4) is 0 Å². The Bertz CT molecular complexity index is 625. The van der Waals surface area contributed by atoms with E-state index in [1.54, 1.807) is 13.3 Å². The van der Waals surface area contributed by atoms with Gasteiger partial charge in [-0.25, -0.2) is 0 Å². The van der Waals surface area contributed by atoms with Crippen molar-refractivity contribution in [3.05, 3.63) is 35.0 Å². The van der Waals surface area contributed by atoms with Gasteiger partial charge in [0.05, 0.1) is 17.7 Å². The van der Waals surface area contributed by atoms with Gasteiger partial charge in [-0.2, -0.15) is 0 Å². The number of nitrogens with zero attached hydrogens (tertiary/aromatic N) is 1. The first-order chi connectivity index (χ1) is 9.69. The highest BCUT2D eigenvalue weighted by Gasteiger charge is 2.15. The van der Waals surface area contributed by atoms with Crippen LogP contribution in [0.5, 0.6) is 5.75 Å². The average molecular weight is 292 g/mol. The highest BCUT2D eigenvalue weighted by atomic mass is 35.5. The highest BCUT2D eigenvalue weighted by Crippen LogP contribution is 2.31. The topological polar surface area (TPSA) is 39.2 Å². The molecule has 0 bridgehead atoms. The van der Waals surface area contributed by atoms with Crippen LogP contribution >= 0.6 is 11.6 Å². The van der Waals surface area contributed by atoms with E-state index < -0.39 is 0 Å². The van der Waals surface area contributed by atoms with Crippen LogP contribution in [0.25, 0.3) is 10.9 Å². The lowest BCUT2D eigenvalue weighted by Gasteiger charge is -2.09. The molecule has 0 aliphatic carbocycles. The number of carbonyl (C=O) groups is 1. The fourth-order valence-electron chi connectivity index (χ4n) is 2.19. The lowest BCUT2D eigenvalue weighted by atomic mass is 10.0. The second-order valence-corrected chi connectivity index (χ2v) is 5.10. The van der Waals surface area contributed by atoms with Crippen molar-refractivity contribution in [3.8, 4) is 5.75 Å². The van der Waals surface area contributed by atoms with Gasteiger partial charge in [0, 0.05) is 18.0 Å². The van der Waals surface area contributed by atoms with E-state index >= 15 is 0 Å². The molecule has 0 fully saturated rings. The molecule has 4 heteroatoms. The summed E-state index contributed by atoms with van der Waals surface area (Å²) in [4.78, 5) is 16.5. The molecule has 0 aliphatic rings. The van der Waals surface area contributed by atoms with Crippen LogP contribution in [-0.4, -0.2) is 17.9 Å². The number of Topliss-reactive ketones (excluding diaryl/α,β-unsaturated/α-hetero) is 1. The van der Waals surface area contributed by atoms with Crippen molar-refractivity contribution in [2.75, 3.05) is 7.11 Å². The number of halogens is 1. The van der Waals surface area contributed by atoms with Gasteiger partial charge in [0.1, 0.15) is 11.3 Å². The van der Waals surface area contributed by atoms with E-state index in [4.69, 9.17) is 16.3 Å². The van der Waals surface area contributed by atoms with Crippen LogP contribution in [0.2, 0.25) is 5.02 Å². The van der Waals surface area contributed by atoms with Crippen molar-refractivity contribution in [2.45, 2.75) is 32.6 Å². The number of ether oxygens (including phenoxy) is 1. The van der Waals surface area contributed by atoms with Gasteiger partial charge in [-0.1, -0.05) is 43.5 Å². The van der Waals surface area contributed by atoms with Crippen molar-refractivity contribution >= 4 is 28.3 Å². The summed E-state index contributed by atoms with van der Waals surface area (Å²) in [6, 6.07) is 5.53. The average Bonchev–Trinajstić information content (AvgIpc) is 2.47. The van der Waals surface area contributed by atoms with Crippen LogP contribution in [0.4, 0.5) is 0 Å². The summed E-state index contributed by atoms with van der Waals surface area (Å²) in [5, 5.41) is 1.22. The maximum atomic E-state index is 12.2. The van der Waals surface area contributed by atoms with Crippen LogP contribution in [-0.2, 0) is 0 Å². The van der Waals surface area contributed by atoms with Gasteiger partial charge in [0.15, 0.2) is 5.78 Å². The van der Waals surface area contributed by atoms with Crippen molar-refractivity contribution in [1.82, 2.24) is 4.98 Å². The number of carbonyl (C=O) groups excluding carboxylic acids is 1. The molecule has 0 atom stereocenters. The van der Waals surface area contributed by atoms with Crippen molar-refractivity contribution in [1.29, 1.82) is 0 Å². The molecule has 1 heterocycles. The number of unbranched alkanes of at least 4 members (excludes halogenated alkanes) is 2. The van der Waals surface area contributed by atoms with Gasteiger partial charge in [-0.15, -0.1) is 0 Å². The number of methoxy groups -OCH3 is 1. The number of para-hydroxylation sites is 1. The van der Waals surface area contributed by atoms with Gasteiger partial charge in [0.2, 0.25) is 0 Å². The number of ketones is 1. The molecule has 20 heavy (non-hydrogen) atoms. The second kappa shape index (κ2) is 6.71. The second-order valence-electron chi connectivity index (χ2n) is 4.72. The van der Waals surface area contributed by atoms with E-state index in [1.165, 1.54) is 0 Å². The zero-order chi connectivity index (χ0) is 14.5. The molecule has 0 amide bonds. The molecular formula is C16H18ClNO2. The molecule has 1 aromatic heterocycles. The number of pyridine rings is 1. The molecule has 0 N–H and O–H groups in total. The van der Waals surface area contributed by atoms with E-state index in [0.29, 0.717) is 28.3 Å². The molecule has 1 aromatic carbocycles. The molecule has 0 saturated carbocycles. The van der Waals surface area contributed by atoms with Crippen molar-refractivity contribution < 1.29 is 9.53 Å². The number of fused-ring (bicyclic) bond motifs is 1. The summed E-state index contributed by atoms with van der Waals surface area (Å²) >= 11 is 6.36. The third kappa shape index (κ3) is 2.93. The normalized spacial score (nSPS) is 10.8. The molecule has 2 aromatic rings. The molecule has 0 unspecified atom stereocenters. The molecule has 0 aliphatic heterocycles. The summed E-state index contributed by atoms with van der Waals surface area (Å²) in [7, 11) is 1.59. The minimum absolute atomic E-state index is 0.0562. The summed E-state index contributed by atoms with van der Waals surface area (Å²) in [6.07, 6.45) is 5.11. The quantitative estimate of drug-likeness (QED) is 0.574. The Morgan fingerprint density at radius 1 is 1.35 bits per heavy atom. The number of benzene rings is 1. The van der Waals surface area contributed by atoms with E-state index in [9.17, 15) is 4.79 Å². The van der Waals surface area contributed by atoms with Gasteiger partial charge >= 0.3 is 0 Å². The Morgan fingerprint density at radius 2 is 2.15 bits per heavy atom. The third-order valence-electron chi connectivity index (χ3n) is 3.32. The lowest BCUT2D eigenvalue weighted by molar-refractivity contribution is 0.0979. The zero-order valence-electron chi connectivity index (χ0n) is 11.8. The molecule has 0 saturated heterocycles. The van der Waals surface area contributed by atoms with E-state index in [2.05, 4.69) is 11.9 Å². The first kappa shape index (κ1) is 14.8. The standard InChI is InChI=1S/C16H18ClNO2/c1-3-4-5-8-13(19)12-10-18-16-11(15(12)17)7-6-9-14(16)20-2/h6-7,9-10H,3-5,8H2,1-2H3. The fourth-order valence-corrected chi connectivity index (χ4v) is 2.50. The maximum absolute atomic E-state index is 12.2. The molecular weight excluding hydrogens is 274 g/mol. The van der Waals surface area contributed by atoms with Crippen LogP contribution in [0, 0.1) is 0 Å². The minimum Gasteiger partial charge on any atom is -0.494 e. The predicted octanol–water partition coefficient (Wildman–Crippen LogP) is 4.66. The number of hydrogen-bond acceptors (Lipinski definition) is 3. The SMILES string of the molecule is CCCCCC(=O)c1cnc2c(OC)cccc2c1Cl. The predicted molar refractivity (Wildman–Crippen MR) is 81.8 cm³/mol. The van der Waals surface area contributed by atoms with Gasteiger partial charge in [-0.3, -0.25) is 9.78 Å². The van der Waals surface area contributed by atoms with E-state index in [0.717, 1.165) is 24.6 Å². The minimum atomic E-state index is 0.0562. The van der Waals surface area contributed by atoms with E-state index in [-0.39, 0.29) is 5.78 Å². The zero-order valence-corrected chi connectivity index (χ0v) is 12.5. The smallest absolute Gasteiger partial charge is 0.165 e. The largest absolute Gasteiger partial charge is 0.494 e. The van der Waals surface area contributed by atoms with Gasteiger partial charge in [0.25, 0.3) is 0 Å². The summed E-state index contributed by atoms with van der Waals surface area (Å²) in [5.41, 5.74) is 1.19. The van der Waals surface area contributed by atoms with Crippen molar-refractivity contribution in [3.63, 3.8) is 0 Å². The molecule has 0 spiro atoms. The first-order valence-corrected chi connectivity index (χ1v) is 7.21. The van der Waals surface area contributed by atoms with Crippen LogP contribution in [0.15, 0.2) is 24.4 Å². The summed E-state index contributed by atoms with van der Waals surface area (Å²) in [6.45, 7) is 2.11. The monoisotopic (exact) mass is 291 g/mol. The Labute approximate surface area is 123 Å². The number of hydrogen-bond donors (Lipinski definition) is 0. The molecule has 2 rings (SSSR count). The van der Waals surface area contributed by atoms with Crippen LogP contribution in [0.1, 0.15) is 43.0 Å². The molecule has 3 nitrogen and oxygen atoms in total. The first-order valence-electron chi connectivity index (χ1n) is 6.83. The summed E-state index contributed by atoms with van der Waals surface area (Å²) in [5.74, 6) is 0.718. The third-order valence-corrected chi connectivity index (χ3v) is 3.73. The number of aromatic nitrogens is 1.